The zero-order chi connectivity index (χ0) is 18.5. The van der Waals surface area contributed by atoms with E-state index >= 15 is 0 Å². The molecular formula is C26H34. The van der Waals surface area contributed by atoms with Crippen LogP contribution < -0.4 is 0 Å². The zero-order valence-electron chi connectivity index (χ0n) is 16.7. The molecule has 0 radical (unpaired) electrons. The minimum Gasteiger partial charge on any atom is -0.0951 e. The molecule has 2 rings (SSSR count). The van der Waals surface area contributed by atoms with Crippen molar-refractivity contribution in [2.75, 3.05) is 0 Å². The predicted molar refractivity (Wildman–Crippen MR) is 114 cm³/mol. The van der Waals surface area contributed by atoms with Gasteiger partial charge in [0.15, 0.2) is 0 Å². The molecule has 0 amide bonds. The summed E-state index contributed by atoms with van der Waals surface area (Å²) in [7, 11) is 0. The second kappa shape index (κ2) is 12.4. The quantitative estimate of drug-likeness (QED) is 0.387. The highest BCUT2D eigenvalue weighted by molar-refractivity contribution is 5.39. The van der Waals surface area contributed by atoms with Crippen LogP contribution in [0.5, 0.6) is 0 Å². The van der Waals surface area contributed by atoms with Gasteiger partial charge in [0.25, 0.3) is 0 Å². The summed E-state index contributed by atoms with van der Waals surface area (Å²) in [4.78, 5) is 0. The molecule has 0 bridgehead atoms. The van der Waals surface area contributed by atoms with Crippen molar-refractivity contribution in [1.82, 2.24) is 0 Å². The van der Waals surface area contributed by atoms with Crippen LogP contribution in [0.4, 0.5) is 0 Å². The highest BCUT2D eigenvalue weighted by Crippen LogP contribution is 2.29. The van der Waals surface area contributed by atoms with Crippen molar-refractivity contribution in [3.63, 3.8) is 0 Å². The Morgan fingerprint density at radius 1 is 0.885 bits per heavy atom. The van der Waals surface area contributed by atoms with Gasteiger partial charge in [-0.2, -0.15) is 0 Å². The van der Waals surface area contributed by atoms with Crippen LogP contribution in [0, 0.1) is 35.5 Å². The highest BCUT2D eigenvalue weighted by atomic mass is 14.2. The molecule has 0 spiro atoms. The van der Waals surface area contributed by atoms with E-state index in [9.17, 15) is 0 Å². The van der Waals surface area contributed by atoms with Gasteiger partial charge in [-0.3, -0.25) is 0 Å². The first-order chi connectivity index (χ1) is 12.8. The number of benzene rings is 1. The third-order valence-corrected chi connectivity index (χ3v) is 5.45. The van der Waals surface area contributed by atoms with Crippen LogP contribution in [0.15, 0.2) is 36.4 Å². The molecular weight excluding hydrogens is 312 g/mol. The molecule has 0 aromatic heterocycles. The SMILES string of the molecule is CCCCCCc1ccc(C#C/C=C/C#C[C@H]2CC[C@H](CC)CC2)cc1. The Kier molecular flexibility index (Phi) is 9.75. The van der Waals surface area contributed by atoms with Gasteiger partial charge in [0.05, 0.1) is 0 Å². The third-order valence-electron chi connectivity index (χ3n) is 5.45. The Morgan fingerprint density at radius 2 is 1.62 bits per heavy atom. The van der Waals surface area contributed by atoms with Gasteiger partial charge in [0.1, 0.15) is 0 Å². The fraction of sp³-hybridized carbons (Fsp3) is 0.538. The number of allylic oxidation sites excluding steroid dienone is 2. The monoisotopic (exact) mass is 346 g/mol. The lowest BCUT2D eigenvalue weighted by atomic mass is 9.81. The van der Waals surface area contributed by atoms with E-state index in [0.717, 1.165) is 11.5 Å². The van der Waals surface area contributed by atoms with Gasteiger partial charge in [-0.1, -0.05) is 75.3 Å². The molecule has 0 saturated heterocycles. The second-order valence-electron chi connectivity index (χ2n) is 7.52. The van der Waals surface area contributed by atoms with E-state index in [4.69, 9.17) is 0 Å². The molecule has 1 fully saturated rings. The summed E-state index contributed by atoms with van der Waals surface area (Å²) in [5.74, 6) is 14.4. The normalized spacial score (nSPS) is 19.5. The Bertz CT molecular complexity index is 646. The molecule has 1 saturated carbocycles. The van der Waals surface area contributed by atoms with Crippen LogP contribution in [0.3, 0.4) is 0 Å². The van der Waals surface area contributed by atoms with Crippen molar-refractivity contribution in [3.8, 4) is 23.7 Å². The molecule has 0 heteroatoms. The average molecular weight is 347 g/mol. The summed E-state index contributed by atoms with van der Waals surface area (Å²) in [5.41, 5.74) is 2.50. The summed E-state index contributed by atoms with van der Waals surface area (Å²) in [6, 6.07) is 8.69. The molecule has 0 atom stereocenters. The van der Waals surface area contributed by atoms with Crippen LogP contribution in [0.25, 0.3) is 0 Å². The predicted octanol–water partition coefficient (Wildman–Crippen LogP) is 6.94. The van der Waals surface area contributed by atoms with E-state index in [-0.39, 0.29) is 0 Å². The topological polar surface area (TPSA) is 0 Å². The van der Waals surface area contributed by atoms with E-state index in [0.29, 0.717) is 5.92 Å². The number of aryl methyl sites for hydroxylation is 1. The van der Waals surface area contributed by atoms with E-state index < -0.39 is 0 Å². The van der Waals surface area contributed by atoms with Crippen LogP contribution >= 0.6 is 0 Å². The molecule has 1 aliphatic carbocycles. The third kappa shape index (κ3) is 7.97. The van der Waals surface area contributed by atoms with Crippen LogP contribution in [0.1, 0.15) is 82.8 Å². The number of rotatable bonds is 6. The van der Waals surface area contributed by atoms with E-state index in [2.05, 4.69) is 61.8 Å². The minimum atomic E-state index is 0.597. The Balaban J connectivity index is 1.72. The maximum Gasteiger partial charge on any atom is 0.0249 e. The maximum atomic E-state index is 3.40. The van der Waals surface area contributed by atoms with Crippen molar-refractivity contribution < 1.29 is 0 Å². The maximum absolute atomic E-state index is 3.40. The van der Waals surface area contributed by atoms with Crippen molar-refractivity contribution in [1.29, 1.82) is 0 Å². The van der Waals surface area contributed by atoms with Crippen LogP contribution in [0.2, 0.25) is 0 Å². The first-order valence-corrected chi connectivity index (χ1v) is 10.6. The lowest BCUT2D eigenvalue weighted by molar-refractivity contribution is 0.309. The molecule has 0 N–H and O–H groups in total. The molecule has 0 unspecified atom stereocenters. The summed E-state index contributed by atoms with van der Waals surface area (Å²) in [5, 5.41) is 0. The van der Waals surface area contributed by atoms with E-state index in [1.54, 1.807) is 0 Å². The second-order valence-corrected chi connectivity index (χ2v) is 7.52. The molecule has 0 aliphatic heterocycles. The first-order valence-electron chi connectivity index (χ1n) is 10.6. The Hall–Kier alpha value is -1.92. The molecule has 0 nitrogen and oxygen atoms in total. The van der Waals surface area contributed by atoms with Gasteiger partial charge in [0, 0.05) is 11.5 Å². The smallest absolute Gasteiger partial charge is 0.0249 e. The van der Waals surface area contributed by atoms with Gasteiger partial charge in [-0.05, 0) is 74.3 Å². The van der Waals surface area contributed by atoms with Gasteiger partial charge in [-0.15, -0.1) is 0 Å². The molecule has 0 heterocycles. The zero-order valence-corrected chi connectivity index (χ0v) is 16.7. The lowest BCUT2D eigenvalue weighted by Gasteiger charge is -2.24. The summed E-state index contributed by atoms with van der Waals surface area (Å²) < 4.78 is 0. The van der Waals surface area contributed by atoms with Crippen LogP contribution in [-0.4, -0.2) is 0 Å². The summed E-state index contributed by atoms with van der Waals surface area (Å²) >= 11 is 0. The van der Waals surface area contributed by atoms with Gasteiger partial charge >= 0.3 is 0 Å². The lowest BCUT2D eigenvalue weighted by Crippen LogP contribution is -2.12. The Morgan fingerprint density at radius 3 is 2.31 bits per heavy atom. The number of unbranched alkanes of at least 4 members (excludes halogenated alkanes) is 3. The van der Waals surface area contributed by atoms with E-state index in [1.807, 2.05) is 12.2 Å². The fourth-order valence-electron chi connectivity index (χ4n) is 3.60. The van der Waals surface area contributed by atoms with Gasteiger partial charge < -0.3 is 0 Å². The summed E-state index contributed by atoms with van der Waals surface area (Å²) in [6.07, 6.45) is 16.8. The molecule has 1 aromatic carbocycles. The number of hydrogen-bond acceptors (Lipinski definition) is 0. The van der Waals surface area contributed by atoms with Gasteiger partial charge in [-0.25, -0.2) is 0 Å². The average Bonchev–Trinajstić information content (AvgIpc) is 2.69. The molecule has 1 aromatic rings. The minimum absolute atomic E-state index is 0.597. The summed E-state index contributed by atoms with van der Waals surface area (Å²) in [6.45, 7) is 4.56. The van der Waals surface area contributed by atoms with Crippen molar-refractivity contribution in [3.05, 3.63) is 47.5 Å². The molecule has 26 heavy (non-hydrogen) atoms. The number of hydrogen-bond donors (Lipinski definition) is 0. The highest BCUT2D eigenvalue weighted by Gasteiger charge is 2.17. The Labute approximate surface area is 161 Å². The molecule has 1 aliphatic rings. The molecule has 138 valence electrons. The first kappa shape index (κ1) is 20.4. The van der Waals surface area contributed by atoms with Gasteiger partial charge in [0.2, 0.25) is 0 Å². The van der Waals surface area contributed by atoms with Crippen molar-refractivity contribution >= 4 is 0 Å². The van der Waals surface area contributed by atoms with E-state index in [1.165, 1.54) is 69.8 Å². The van der Waals surface area contributed by atoms with Crippen molar-refractivity contribution in [2.24, 2.45) is 11.8 Å². The van der Waals surface area contributed by atoms with Crippen LogP contribution in [-0.2, 0) is 6.42 Å². The largest absolute Gasteiger partial charge is 0.0951 e. The van der Waals surface area contributed by atoms with Crippen molar-refractivity contribution in [2.45, 2.75) is 78.1 Å². The fourth-order valence-corrected chi connectivity index (χ4v) is 3.60. The standard InChI is InChI=1S/C26H34/c1-3-5-6-9-12-25-19-21-26(22-20-25)14-11-8-7-10-13-24-17-15-23(4-2)16-18-24/h7-8,19-24H,3-6,9,12,15-18H2,1-2H3/b8-7+/t23-,24-.